The molecule has 4 aromatic carbocycles. The summed E-state index contributed by atoms with van der Waals surface area (Å²) in [6.45, 7) is 5.90. The fourth-order valence-corrected chi connectivity index (χ4v) is 14.1. The van der Waals surface area contributed by atoms with E-state index in [2.05, 4.69) is 40.5 Å². The third-order valence-electron chi connectivity index (χ3n) is 19.8. The SMILES string of the molecule is Cc1cc(N2CCOC[C@@H]2C(F)(F)F)cc(F)c1C(=O)NC(Cc1ccc(-n2c(=O)c3ccncc3n(C)c2=O)c2ncccc12)C(=O)O.Cc1cc(N2CCOC[C@@H]2C(F)(F)F)cc(F)c1C(=O)NC(Cc1ccc(-n2c(=O)c3ccncc3n(C)c2=O)c2ncccc12)C(=O)OCCn1ccnc1C.Cc1nccn1CCCl.[2H]CF. The number of carbonyl (C=O) groups is 4. The molecule has 2 aliphatic rings. The van der Waals surface area contributed by atoms with Gasteiger partial charge < -0.3 is 48.9 Å². The molecule has 0 radical (unpaired) electrons. The number of carbonyl (C=O) groups excluding carboxylic acids is 3. The largest absolute Gasteiger partial charge is 0.480 e. The second-order valence-electron chi connectivity index (χ2n) is 26.9. The van der Waals surface area contributed by atoms with Crippen molar-refractivity contribution in [3.63, 3.8) is 0 Å². The minimum atomic E-state index is -4.65. The number of anilines is 2. The molecule has 0 bridgehead atoms. The molecule has 12 aromatic rings. The van der Waals surface area contributed by atoms with Crippen molar-refractivity contribution in [3.8, 4) is 11.4 Å². The molecule has 2 fully saturated rings. The topological polar surface area (TPSA) is 322 Å². The first-order valence-corrected chi connectivity index (χ1v) is 36.5. The van der Waals surface area contributed by atoms with Crippen molar-refractivity contribution in [2.24, 2.45) is 14.1 Å². The van der Waals surface area contributed by atoms with Crippen LogP contribution < -0.4 is 42.9 Å². The first-order chi connectivity index (χ1) is 56.3. The van der Waals surface area contributed by atoms with Crippen LogP contribution in [0.5, 0.6) is 0 Å². The number of aryl methyl sites for hydroxylation is 7. The van der Waals surface area contributed by atoms with Gasteiger partial charge in [0.2, 0.25) is 0 Å². The number of pyridine rings is 4. The molecule has 4 atom stereocenters. The van der Waals surface area contributed by atoms with Gasteiger partial charge in [0.05, 0.1) is 109 Å². The minimum absolute atomic E-state index is 0.00115. The molecule has 38 heteroatoms. The van der Waals surface area contributed by atoms with Gasteiger partial charge >= 0.3 is 35.7 Å². The average Bonchev–Trinajstić information content (AvgIpc) is 0.830. The lowest BCUT2D eigenvalue weighted by Gasteiger charge is -2.38. The normalized spacial score (nSPS) is 15.0. The zero-order valence-corrected chi connectivity index (χ0v) is 64.1. The minimum Gasteiger partial charge on any atom is -0.480 e. The van der Waals surface area contributed by atoms with Gasteiger partial charge in [-0.2, -0.15) is 26.3 Å². The van der Waals surface area contributed by atoms with E-state index >= 15 is 8.78 Å². The molecule has 2 amide bonds. The van der Waals surface area contributed by atoms with Gasteiger partial charge in [-0.3, -0.25) is 52.6 Å². The van der Waals surface area contributed by atoms with Crippen molar-refractivity contribution in [2.75, 3.05) is 69.0 Å². The Morgan fingerprint density at radius 1 is 0.598 bits per heavy atom. The summed E-state index contributed by atoms with van der Waals surface area (Å²) in [4.78, 5) is 134. The summed E-state index contributed by atoms with van der Waals surface area (Å²) in [5.41, 5.74) is -1.35. The summed E-state index contributed by atoms with van der Waals surface area (Å²) in [5.74, 6) is -4.24. The predicted octanol–water partition coefficient (Wildman–Crippen LogP) is 9.23. The lowest BCUT2D eigenvalue weighted by atomic mass is 9.99. The highest BCUT2D eigenvalue weighted by molar-refractivity contribution is 6.17. The maximum Gasteiger partial charge on any atom is 0.411 e. The van der Waals surface area contributed by atoms with Crippen molar-refractivity contribution < 1.29 is 79.4 Å². The molecule has 2 unspecified atom stereocenters. The molecule has 2 aliphatic heterocycles. The Hall–Kier alpha value is -12.6. The molecular formula is C79H76ClF9N16O12. The van der Waals surface area contributed by atoms with Crippen molar-refractivity contribution in [3.05, 3.63) is 245 Å². The first-order valence-electron chi connectivity index (χ1n) is 36.6. The fourth-order valence-electron chi connectivity index (χ4n) is 13.9. The molecule has 10 heterocycles. The van der Waals surface area contributed by atoms with Crippen LogP contribution in [-0.4, -0.2) is 182 Å². The number of nitrogens with zero attached hydrogens (tertiary/aromatic N) is 14. The highest BCUT2D eigenvalue weighted by atomic mass is 35.5. The van der Waals surface area contributed by atoms with Gasteiger partial charge in [-0.1, -0.05) is 24.3 Å². The Morgan fingerprint density at radius 2 is 1.03 bits per heavy atom. The van der Waals surface area contributed by atoms with E-state index < -0.39 is 126 Å². The molecule has 14 rings (SSSR count). The maximum absolute atomic E-state index is 15.8. The van der Waals surface area contributed by atoms with Gasteiger partial charge in [-0.05, 0) is 111 Å². The van der Waals surface area contributed by atoms with Crippen LogP contribution in [0.3, 0.4) is 0 Å². The number of carboxylic acid groups (broad SMARTS) is 1. The summed E-state index contributed by atoms with van der Waals surface area (Å²) in [6, 6.07) is 12.7. The summed E-state index contributed by atoms with van der Waals surface area (Å²) < 4.78 is 153. The number of alkyl halides is 8. The van der Waals surface area contributed by atoms with Gasteiger partial charge in [0, 0.05) is 124 Å². The monoisotopic (exact) mass is 1650 g/mol. The van der Waals surface area contributed by atoms with Crippen molar-refractivity contribution >= 4 is 90.3 Å². The third kappa shape index (κ3) is 18.4. The number of carboxylic acids is 1. The van der Waals surface area contributed by atoms with Gasteiger partial charge in [-0.25, -0.2) is 47.1 Å². The van der Waals surface area contributed by atoms with Crippen LogP contribution in [0.4, 0.5) is 50.9 Å². The number of nitrogens with one attached hydrogen (secondary N) is 2. The molecule has 28 nitrogen and oxygen atoms in total. The van der Waals surface area contributed by atoms with Crippen molar-refractivity contribution in [1.82, 2.24) is 67.9 Å². The number of aromatic nitrogens is 12. The van der Waals surface area contributed by atoms with E-state index in [-0.39, 0.29) is 108 Å². The van der Waals surface area contributed by atoms with Gasteiger partial charge in [-0.15, -0.1) is 11.6 Å². The first kappa shape index (κ1) is 83.8. The second-order valence-corrected chi connectivity index (χ2v) is 27.3. The summed E-state index contributed by atoms with van der Waals surface area (Å²) in [5, 5.41) is 16.3. The lowest BCUT2D eigenvalue weighted by molar-refractivity contribution is -0.167. The Kier molecular flexibility index (Phi) is 26.1. The van der Waals surface area contributed by atoms with Crippen LogP contribution in [0.15, 0.2) is 166 Å². The standard InChI is InChI=1S/C39H36F4N8O6.C33H28F4N6O6.C6H9ClN2.CH3F/c1-22-17-25(50-14-15-56-21-32(50)39(41,42)43)19-28(40)33(22)35(52)47-29(37(54)57-16-13-49-12-11-45-23(49)2)18-24-6-7-30(34-26(24)5-4-9-46-34)51-36(53)27-8-10-44-20-31(27)48(3)38(51)55;1-17-12-19(42-10-11-49-16-26(42)33(35,36)37)14-22(34)27(17)29(44)40-23(31(46)47)13-18-5-6-24(28-20(18)4-3-8-39-28)43-30(45)21-7-9-38-15-25(21)41(2)32(43)48;1-6-8-3-5-9(6)4-2-7;1-2/h4-12,17,19-20,29,32H,13-16,18,21H2,1-3H3,(H,47,52);3-9,12,14-15,23,26H,10-11,13,16H2,1-2H3,(H,40,44)(H,46,47);3,5H,2,4H2,1H3;1H3/t29?,32-;23?,26-;;/m11../s1/i;;;1D. The van der Waals surface area contributed by atoms with Crippen LogP contribution in [0.1, 0.15) is 56.0 Å². The number of benzene rings is 4. The van der Waals surface area contributed by atoms with Crippen LogP contribution in [0.2, 0.25) is 0 Å². The Morgan fingerprint density at radius 3 is 1.43 bits per heavy atom. The number of aliphatic carboxylic acids is 1. The van der Waals surface area contributed by atoms with E-state index in [9.17, 15) is 74.2 Å². The molecule has 0 spiro atoms. The van der Waals surface area contributed by atoms with E-state index in [4.69, 9.17) is 27.2 Å². The third-order valence-corrected chi connectivity index (χ3v) is 19.9. The van der Waals surface area contributed by atoms with Gasteiger partial charge in [0.1, 0.15) is 54.1 Å². The van der Waals surface area contributed by atoms with E-state index in [1.54, 1.807) is 60.4 Å². The number of hydrogen-bond acceptors (Lipinski definition) is 19. The molecular weight excluding hydrogens is 1570 g/mol. The molecule has 0 saturated carbocycles. The van der Waals surface area contributed by atoms with E-state index in [0.717, 1.165) is 43.4 Å². The quantitative estimate of drug-likeness (QED) is 0.0385. The summed E-state index contributed by atoms with van der Waals surface area (Å²) in [6.07, 6.45) is 5.80. The van der Waals surface area contributed by atoms with E-state index in [1.165, 1.54) is 117 Å². The highest BCUT2D eigenvalue weighted by Crippen LogP contribution is 2.36. The number of hydrogen-bond donors (Lipinski definition) is 3. The molecule has 0 aliphatic carbocycles. The number of rotatable bonds is 19. The number of amides is 2. The number of morpholine rings is 2. The van der Waals surface area contributed by atoms with Crippen LogP contribution in [0.25, 0.3) is 55.0 Å². The average molecular weight is 1650 g/mol. The number of esters is 1. The van der Waals surface area contributed by atoms with Crippen molar-refractivity contribution in [2.45, 2.75) is 90.1 Å². The maximum atomic E-state index is 15.8. The van der Waals surface area contributed by atoms with E-state index in [0.29, 0.717) is 44.6 Å². The zero-order valence-electron chi connectivity index (χ0n) is 64.3. The number of imidazole rings is 2. The lowest BCUT2D eigenvalue weighted by Crippen LogP contribution is -2.53. The molecule has 117 heavy (non-hydrogen) atoms. The van der Waals surface area contributed by atoms with Gasteiger partial charge in [0.25, 0.3) is 22.9 Å². The zero-order chi connectivity index (χ0) is 85.2. The highest BCUT2D eigenvalue weighted by Gasteiger charge is 2.47. The molecule has 8 aromatic heterocycles. The summed E-state index contributed by atoms with van der Waals surface area (Å²) in [7, 11) is 2.01. The Labute approximate surface area is 664 Å². The van der Waals surface area contributed by atoms with Crippen LogP contribution >= 0.6 is 11.6 Å². The molecule has 614 valence electrons. The Balaban J connectivity index is 0.000000204. The number of halogens is 10. The number of fused-ring (bicyclic) bond motifs is 4. The van der Waals surface area contributed by atoms with Crippen molar-refractivity contribution in [1.29, 1.82) is 0 Å². The molecule has 3 N–H and O–H groups in total. The smallest absolute Gasteiger partial charge is 0.411 e. The second kappa shape index (κ2) is 36.5. The van der Waals surface area contributed by atoms with E-state index in [1.807, 2.05) is 17.7 Å². The van der Waals surface area contributed by atoms with Crippen LogP contribution in [-0.2, 0) is 63.8 Å². The predicted molar refractivity (Wildman–Crippen MR) is 414 cm³/mol. The summed E-state index contributed by atoms with van der Waals surface area (Å²) >= 11 is 5.52. The number of ether oxygens (including phenoxy) is 3. The molecule has 2 saturated heterocycles. The Bertz CT molecular complexity index is 5970. The van der Waals surface area contributed by atoms with Gasteiger partial charge in [0.15, 0.2) is 0 Å². The van der Waals surface area contributed by atoms with Crippen LogP contribution in [0, 0.1) is 39.3 Å². The fraction of sp³-hybridized carbons (Fsp3) is 0.316.